The fourth-order valence-corrected chi connectivity index (χ4v) is 1.95. The zero-order chi connectivity index (χ0) is 21.4. The van der Waals surface area contributed by atoms with Gasteiger partial charge < -0.3 is 39.1 Å². The Morgan fingerprint density at radius 1 is 0.759 bits per heavy atom. The van der Waals surface area contributed by atoms with E-state index in [2.05, 4.69) is 17.6 Å². The van der Waals surface area contributed by atoms with E-state index in [1.54, 1.807) is 0 Å². The molecule has 1 amide bonds. The molecule has 0 spiro atoms. The Labute approximate surface area is 173 Å². The van der Waals surface area contributed by atoms with E-state index in [1.807, 2.05) is 0 Å². The van der Waals surface area contributed by atoms with Crippen LogP contribution in [0.5, 0.6) is 0 Å². The summed E-state index contributed by atoms with van der Waals surface area (Å²) in [7, 11) is 0. The maximum atomic E-state index is 13.3. The second-order valence-electron chi connectivity index (χ2n) is 6.02. The third-order valence-electron chi connectivity index (χ3n) is 3.40. The molecule has 0 aliphatic carbocycles. The van der Waals surface area contributed by atoms with Gasteiger partial charge in [0.25, 0.3) is 0 Å². The van der Waals surface area contributed by atoms with Gasteiger partial charge in [-0.2, -0.15) is 0 Å². The average Bonchev–Trinajstić information content (AvgIpc) is 2.70. The molecule has 9 nitrogen and oxygen atoms in total. The number of hydrogen-bond acceptors (Lipinski definition) is 8. The highest BCUT2D eigenvalue weighted by Gasteiger charge is 2.06. The van der Waals surface area contributed by atoms with Crippen LogP contribution in [0.2, 0.25) is 0 Å². The molecule has 0 aromatic heterocycles. The Balaban J connectivity index is 3.07. The van der Waals surface area contributed by atoms with Crippen molar-refractivity contribution in [3.05, 3.63) is 0 Å². The summed E-state index contributed by atoms with van der Waals surface area (Å²) in [5.74, 6) is -0.258. The molecule has 0 aliphatic rings. The first-order valence-electron chi connectivity index (χ1n) is 10.2. The lowest BCUT2D eigenvalue weighted by atomic mass is 10.4. The van der Waals surface area contributed by atoms with Crippen LogP contribution in [0.4, 0.5) is 4.39 Å². The van der Waals surface area contributed by atoms with E-state index in [0.717, 1.165) is 13.1 Å². The molecule has 174 valence electrons. The summed E-state index contributed by atoms with van der Waals surface area (Å²) >= 11 is 0. The van der Waals surface area contributed by atoms with E-state index in [-0.39, 0.29) is 19.1 Å². The Morgan fingerprint density at radius 3 is 1.59 bits per heavy atom. The summed E-state index contributed by atoms with van der Waals surface area (Å²) in [6.45, 7) is 10.5. The first-order chi connectivity index (χ1) is 14.2. The van der Waals surface area contributed by atoms with E-state index in [9.17, 15) is 9.18 Å². The lowest BCUT2D eigenvalue weighted by Crippen LogP contribution is -2.30. The monoisotopic (exact) mass is 426 g/mol. The van der Waals surface area contributed by atoms with Crippen molar-refractivity contribution in [2.45, 2.75) is 20.0 Å². The van der Waals surface area contributed by atoms with Crippen LogP contribution in [0.15, 0.2) is 0 Å². The number of carbonyl (C=O) groups is 1. The number of halogens is 1. The molecule has 0 rings (SSSR count). The molecule has 0 radical (unpaired) electrons. The number of carbonyl (C=O) groups excluding carboxylic acids is 1. The van der Waals surface area contributed by atoms with E-state index in [0.29, 0.717) is 72.7 Å². The first kappa shape index (κ1) is 28.1. The zero-order valence-corrected chi connectivity index (χ0v) is 17.9. The minimum atomic E-state index is -1.21. The first-order valence-corrected chi connectivity index (χ1v) is 10.2. The predicted octanol–water partition coefficient (Wildman–Crippen LogP) is 0.170. The predicted molar refractivity (Wildman–Crippen MR) is 107 cm³/mol. The number of amides is 1. The van der Waals surface area contributed by atoms with Crippen molar-refractivity contribution in [2.24, 2.45) is 0 Å². The van der Waals surface area contributed by atoms with Crippen molar-refractivity contribution in [3.63, 3.8) is 0 Å². The minimum absolute atomic E-state index is 0.0380. The molecule has 10 heteroatoms. The summed E-state index contributed by atoms with van der Waals surface area (Å²) in [5.41, 5.74) is 0. The Bertz CT molecular complexity index is 355. The number of hydrogen-bond donors (Lipinski definition) is 2. The van der Waals surface area contributed by atoms with Crippen LogP contribution < -0.4 is 10.6 Å². The standard InChI is InChI=1S/C19H39FN2O7/c1-3-21-4-5-24-6-7-25-8-9-26-10-11-27-12-13-28-14-15-29-17-19(20)16-22-18(2)23/h19,21H,3-17H2,1-2H3,(H,22,23). The van der Waals surface area contributed by atoms with Crippen LogP contribution in [0.1, 0.15) is 13.8 Å². The smallest absolute Gasteiger partial charge is 0.216 e. The van der Waals surface area contributed by atoms with Crippen molar-refractivity contribution in [1.82, 2.24) is 10.6 Å². The van der Waals surface area contributed by atoms with E-state index in [1.165, 1.54) is 6.92 Å². The van der Waals surface area contributed by atoms with Gasteiger partial charge in [-0.3, -0.25) is 4.79 Å². The van der Waals surface area contributed by atoms with Crippen molar-refractivity contribution >= 4 is 5.91 Å². The molecule has 0 saturated carbocycles. The summed E-state index contributed by atoms with van der Waals surface area (Å²) in [5, 5.41) is 5.57. The Hall–Kier alpha value is -0.880. The Morgan fingerprint density at radius 2 is 1.17 bits per heavy atom. The number of rotatable bonds is 23. The van der Waals surface area contributed by atoms with E-state index >= 15 is 0 Å². The molecule has 0 bridgehead atoms. The second-order valence-corrected chi connectivity index (χ2v) is 6.02. The molecular formula is C19H39FN2O7. The lowest BCUT2D eigenvalue weighted by Gasteiger charge is -2.10. The lowest BCUT2D eigenvalue weighted by molar-refractivity contribution is -0.119. The van der Waals surface area contributed by atoms with Gasteiger partial charge in [-0.1, -0.05) is 6.92 Å². The topological polar surface area (TPSA) is 96.5 Å². The molecule has 2 N–H and O–H groups in total. The largest absolute Gasteiger partial charge is 0.378 e. The second kappa shape index (κ2) is 23.4. The minimum Gasteiger partial charge on any atom is -0.378 e. The van der Waals surface area contributed by atoms with Crippen molar-refractivity contribution in [1.29, 1.82) is 0 Å². The van der Waals surface area contributed by atoms with Crippen molar-refractivity contribution in [3.8, 4) is 0 Å². The van der Waals surface area contributed by atoms with Gasteiger partial charge in [0.05, 0.1) is 85.8 Å². The third kappa shape index (κ3) is 25.1. The SMILES string of the molecule is CCNCCOCCOCCOCCOCCOCCOCC(F)CNC(C)=O. The molecule has 1 atom stereocenters. The van der Waals surface area contributed by atoms with Gasteiger partial charge in [-0.05, 0) is 6.54 Å². The number of alkyl halides is 1. The van der Waals surface area contributed by atoms with Crippen LogP contribution in [0, 0.1) is 0 Å². The van der Waals surface area contributed by atoms with Crippen LogP contribution >= 0.6 is 0 Å². The Kier molecular flexibility index (Phi) is 22.7. The summed E-state index contributed by atoms with van der Waals surface area (Å²) in [6.07, 6.45) is -1.21. The van der Waals surface area contributed by atoms with Gasteiger partial charge in [0, 0.05) is 13.5 Å². The van der Waals surface area contributed by atoms with Crippen LogP contribution in [-0.2, 0) is 33.2 Å². The maximum Gasteiger partial charge on any atom is 0.216 e. The van der Waals surface area contributed by atoms with Crippen molar-refractivity contribution < 1.29 is 37.6 Å². The van der Waals surface area contributed by atoms with Gasteiger partial charge in [0.15, 0.2) is 0 Å². The van der Waals surface area contributed by atoms with Gasteiger partial charge in [0.1, 0.15) is 6.17 Å². The summed E-state index contributed by atoms with van der Waals surface area (Å²) in [4.78, 5) is 10.6. The molecule has 0 heterocycles. The molecule has 0 aromatic carbocycles. The number of nitrogens with one attached hydrogen (secondary N) is 2. The van der Waals surface area contributed by atoms with Gasteiger partial charge >= 0.3 is 0 Å². The normalized spacial score (nSPS) is 12.2. The fourth-order valence-electron chi connectivity index (χ4n) is 1.95. The van der Waals surface area contributed by atoms with E-state index in [4.69, 9.17) is 28.4 Å². The summed E-state index contributed by atoms with van der Waals surface area (Å²) in [6, 6.07) is 0. The highest BCUT2D eigenvalue weighted by molar-refractivity contribution is 5.72. The number of likely N-dealkylation sites (N-methyl/N-ethyl adjacent to an activating group) is 1. The van der Waals surface area contributed by atoms with Gasteiger partial charge in [0.2, 0.25) is 5.91 Å². The van der Waals surface area contributed by atoms with Crippen LogP contribution in [0.3, 0.4) is 0 Å². The fraction of sp³-hybridized carbons (Fsp3) is 0.947. The highest BCUT2D eigenvalue weighted by Crippen LogP contribution is 1.91. The zero-order valence-electron chi connectivity index (χ0n) is 17.9. The molecule has 0 saturated heterocycles. The highest BCUT2D eigenvalue weighted by atomic mass is 19.1. The quantitative estimate of drug-likeness (QED) is 0.223. The molecule has 29 heavy (non-hydrogen) atoms. The van der Waals surface area contributed by atoms with Gasteiger partial charge in [-0.15, -0.1) is 0 Å². The van der Waals surface area contributed by atoms with Crippen LogP contribution in [-0.4, -0.2) is 111 Å². The molecule has 0 aliphatic heterocycles. The number of ether oxygens (including phenoxy) is 6. The maximum absolute atomic E-state index is 13.3. The van der Waals surface area contributed by atoms with Gasteiger partial charge in [-0.25, -0.2) is 4.39 Å². The summed E-state index contributed by atoms with van der Waals surface area (Å²) < 4.78 is 45.2. The molecule has 1 unspecified atom stereocenters. The molecule has 0 aromatic rings. The van der Waals surface area contributed by atoms with Crippen LogP contribution in [0.25, 0.3) is 0 Å². The van der Waals surface area contributed by atoms with Crippen molar-refractivity contribution in [2.75, 3.05) is 98.9 Å². The molecular weight excluding hydrogens is 387 g/mol. The van der Waals surface area contributed by atoms with E-state index < -0.39 is 6.17 Å². The average molecular weight is 427 g/mol. The third-order valence-corrected chi connectivity index (χ3v) is 3.40. The molecule has 0 fully saturated rings.